The van der Waals surface area contributed by atoms with E-state index in [0.29, 0.717) is 22.5 Å². The maximum atomic E-state index is 12.6. The number of aromatic nitrogens is 1. The summed E-state index contributed by atoms with van der Waals surface area (Å²) < 4.78 is 46.9. The zero-order chi connectivity index (χ0) is 23.2. The van der Waals surface area contributed by atoms with E-state index in [-0.39, 0.29) is 42.1 Å². The van der Waals surface area contributed by atoms with Gasteiger partial charge in [0.2, 0.25) is 0 Å². The SMILES string of the molecule is COc1cc(CNC(=O)c2cc(C)nc(CC(=O)C(C)C)c2)ccc1OCC(F)(F)F. The van der Waals surface area contributed by atoms with E-state index in [4.69, 9.17) is 9.47 Å². The number of Topliss-reactive ketones (excluding diaryl/α,β-unsaturated/α-hetero) is 1. The highest BCUT2D eigenvalue weighted by Gasteiger charge is 2.29. The minimum absolute atomic E-state index is 0.0318. The molecule has 0 aliphatic heterocycles. The van der Waals surface area contributed by atoms with Gasteiger partial charge in [-0.3, -0.25) is 14.6 Å². The van der Waals surface area contributed by atoms with Gasteiger partial charge in [0.15, 0.2) is 18.1 Å². The van der Waals surface area contributed by atoms with Gasteiger partial charge in [-0.25, -0.2) is 0 Å². The van der Waals surface area contributed by atoms with Gasteiger partial charge in [0, 0.05) is 35.8 Å². The summed E-state index contributed by atoms with van der Waals surface area (Å²) in [6.07, 6.45) is -4.31. The Morgan fingerprint density at radius 3 is 2.45 bits per heavy atom. The van der Waals surface area contributed by atoms with Crippen molar-refractivity contribution in [1.82, 2.24) is 10.3 Å². The number of amides is 1. The Balaban J connectivity index is 2.06. The number of ketones is 1. The van der Waals surface area contributed by atoms with Gasteiger partial charge >= 0.3 is 6.18 Å². The van der Waals surface area contributed by atoms with E-state index in [1.54, 1.807) is 39.0 Å². The number of methoxy groups -OCH3 is 1. The number of alkyl halides is 3. The second-order valence-corrected chi connectivity index (χ2v) is 7.36. The Hall–Kier alpha value is -3.10. The Kier molecular flexibility index (Phi) is 8.01. The molecule has 2 rings (SSSR count). The maximum absolute atomic E-state index is 12.6. The molecular weight excluding hydrogens is 413 g/mol. The molecule has 31 heavy (non-hydrogen) atoms. The Morgan fingerprint density at radius 2 is 1.84 bits per heavy atom. The van der Waals surface area contributed by atoms with Gasteiger partial charge < -0.3 is 14.8 Å². The van der Waals surface area contributed by atoms with E-state index in [1.807, 2.05) is 0 Å². The summed E-state index contributed by atoms with van der Waals surface area (Å²) in [5, 5.41) is 2.74. The number of carbonyl (C=O) groups excluding carboxylic acids is 2. The second kappa shape index (κ2) is 10.3. The number of halogens is 3. The molecule has 0 bridgehead atoms. The lowest BCUT2D eigenvalue weighted by Crippen LogP contribution is -2.23. The molecule has 1 heterocycles. The van der Waals surface area contributed by atoms with Gasteiger partial charge in [0.1, 0.15) is 5.78 Å². The van der Waals surface area contributed by atoms with Crippen LogP contribution in [0.2, 0.25) is 0 Å². The molecule has 0 saturated carbocycles. The van der Waals surface area contributed by atoms with Gasteiger partial charge in [0.05, 0.1) is 7.11 Å². The summed E-state index contributed by atoms with van der Waals surface area (Å²) >= 11 is 0. The van der Waals surface area contributed by atoms with Crippen LogP contribution in [0.25, 0.3) is 0 Å². The third-order valence-corrected chi connectivity index (χ3v) is 4.34. The topological polar surface area (TPSA) is 77.5 Å². The quantitative estimate of drug-likeness (QED) is 0.640. The minimum Gasteiger partial charge on any atom is -0.493 e. The monoisotopic (exact) mass is 438 g/mol. The van der Waals surface area contributed by atoms with Gasteiger partial charge in [0.25, 0.3) is 5.91 Å². The first-order valence-corrected chi connectivity index (χ1v) is 9.63. The summed E-state index contributed by atoms with van der Waals surface area (Å²) in [4.78, 5) is 28.9. The van der Waals surface area contributed by atoms with Gasteiger partial charge in [-0.1, -0.05) is 19.9 Å². The highest BCUT2D eigenvalue weighted by molar-refractivity contribution is 5.94. The van der Waals surface area contributed by atoms with Crippen LogP contribution in [0, 0.1) is 12.8 Å². The molecule has 0 aliphatic rings. The first-order valence-electron chi connectivity index (χ1n) is 9.63. The predicted molar refractivity (Wildman–Crippen MR) is 108 cm³/mol. The summed E-state index contributed by atoms with van der Waals surface area (Å²) in [6.45, 7) is 4.04. The summed E-state index contributed by atoms with van der Waals surface area (Å²) in [5.74, 6) is -0.369. The largest absolute Gasteiger partial charge is 0.493 e. The number of carbonyl (C=O) groups is 2. The lowest BCUT2D eigenvalue weighted by Gasteiger charge is -2.14. The molecule has 6 nitrogen and oxygen atoms in total. The van der Waals surface area contributed by atoms with Crippen LogP contribution in [0.1, 0.15) is 41.2 Å². The molecule has 1 aromatic heterocycles. The number of pyridine rings is 1. The van der Waals surface area contributed by atoms with Crippen molar-refractivity contribution in [2.24, 2.45) is 5.92 Å². The number of benzene rings is 1. The van der Waals surface area contributed by atoms with E-state index in [2.05, 4.69) is 10.3 Å². The highest BCUT2D eigenvalue weighted by Crippen LogP contribution is 2.29. The molecule has 0 radical (unpaired) electrons. The first kappa shape index (κ1) is 24.2. The van der Waals surface area contributed by atoms with Gasteiger partial charge in [-0.2, -0.15) is 13.2 Å². The molecule has 1 amide bonds. The van der Waals surface area contributed by atoms with Crippen molar-refractivity contribution in [3.63, 3.8) is 0 Å². The van der Waals surface area contributed by atoms with Gasteiger partial charge in [-0.05, 0) is 36.8 Å². The molecule has 1 aromatic carbocycles. The summed E-state index contributed by atoms with van der Waals surface area (Å²) in [5.41, 5.74) is 2.13. The zero-order valence-corrected chi connectivity index (χ0v) is 17.8. The zero-order valence-electron chi connectivity index (χ0n) is 17.8. The number of hydrogen-bond donors (Lipinski definition) is 1. The van der Waals surface area contributed by atoms with Crippen LogP contribution in [0.15, 0.2) is 30.3 Å². The van der Waals surface area contributed by atoms with Crippen molar-refractivity contribution in [2.45, 2.75) is 39.9 Å². The average molecular weight is 438 g/mol. The molecule has 0 atom stereocenters. The third-order valence-electron chi connectivity index (χ3n) is 4.34. The van der Waals surface area contributed by atoms with Crippen molar-refractivity contribution >= 4 is 11.7 Å². The molecule has 0 spiro atoms. The highest BCUT2D eigenvalue weighted by atomic mass is 19.4. The van der Waals surface area contributed by atoms with Crippen molar-refractivity contribution in [3.05, 3.63) is 52.8 Å². The molecule has 9 heteroatoms. The number of nitrogens with one attached hydrogen (secondary N) is 1. The molecule has 2 aromatic rings. The smallest absolute Gasteiger partial charge is 0.422 e. The van der Waals surface area contributed by atoms with Crippen molar-refractivity contribution < 1.29 is 32.2 Å². The van der Waals surface area contributed by atoms with E-state index < -0.39 is 12.8 Å². The number of rotatable bonds is 9. The van der Waals surface area contributed by atoms with Crippen molar-refractivity contribution in [1.29, 1.82) is 0 Å². The molecule has 0 saturated heterocycles. The molecular formula is C22H25F3N2O4. The third kappa shape index (κ3) is 7.58. The molecule has 0 unspecified atom stereocenters. The molecule has 1 N–H and O–H groups in total. The van der Waals surface area contributed by atoms with E-state index in [0.717, 1.165) is 0 Å². The standard InChI is InChI=1S/C22H25F3N2O4/c1-13(2)18(28)10-17-9-16(7-14(3)27-17)21(29)26-11-15-5-6-19(20(8-15)30-4)31-12-22(23,24)25/h5-9,13H,10-12H2,1-4H3,(H,26,29). The molecule has 168 valence electrons. The molecule has 0 fully saturated rings. The lowest BCUT2D eigenvalue weighted by molar-refractivity contribution is -0.153. The van der Waals surface area contributed by atoms with E-state index in [1.165, 1.54) is 19.2 Å². The Morgan fingerprint density at radius 1 is 1.13 bits per heavy atom. The van der Waals surface area contributed by atoms with Crippen molar-refractivity contribution in [3.8, 4) is 11.5 Å². The second-order valence-electron chi connectivity index (χ2n) is 7.36. The number of ether oxygens (including phenoxy) is 2. The normalized spacial score (nSPS) is 11.4. The average Bonchev–Trinajstić information content (AvgIpc) is 2.69. The number of hydrogen-bond acceptors (Lipinski definition) is 5. The number of nitrogens with zero attached hydrogens (tertiary/aromatic N) is 1. The van der Waals surface area contributed by atoms with Crippen LogP contribution in [0.4, 0.5) is 13.2 Å². The van der Waals surface area contributed by atoms with Crippen LogP contribution < -0.4 is 14.8 Å². The fourth-order valence-electron chi connectivity index (χ4n) is 2.73. The van der Waals surface area contributed by atoms with Crippen LogP contribution in [-0.4, -0.2) is 36.6 Å². The maximum Gasteiger partial charge on any atom is 0.422 e. The van der Waals surface area contributed by atoms with E-state index in [9.17, 15) is 22.8 Å². The van der Waals surface area contributed by atoms with Crippen molar-refractivity contribution in [2.75, 3.05) is 13.7 Å². The van der Waals surface area contributed by atoms with Gasteiger partial charge in [-0.15, -0.1) is 0 Å². The fraction of sp³-hybridized carbons (Fsp3) is 0.409. The fourth-order valence-corrected chi connectivity index (χ4v) is 2.73. The Labute approximate surface area is 178 Å². The van der Waals surface area contributed by atoms with Crippen LogP contribution in [0.5, 0.6) is 11.5 Å². The number of aryl methyl sites for hydroxylation is 1. The minimum atomic E-state index is -4.46. The van der Waals surface area contributed by atoms with Crippen LogP contribution in [0.3, 0.4) is 0 Å². The Bertz CT molecular complexity index is 943. The summed E-state index contributed by atoms with van der Waals surface area (Å²) in [6, 6.07) is 7.60. The van der Waals surface area contributed by atoms with E-state index >= 15 is 0 Å². The summed E-state index contributed by atoms with van der Waals surface area (Å²) in [7, 11) is 1.32. The molecule has 0 aliphatic carbocycles. The lowest BCUT2D eigenvalue weighted by atomic mass is 10.0. The van der Waals surface area contributed by atoms with Crippen LogP contribution >= 0.6 is 0 Å². The predicted octanol–water partition coefficient (Wildman–Crippen LogP) is 4.04. The first-order chi connectivity index (χ1) is 14.5. The van der Waals surface area contributed by atoms with Crippen LogP contribution in [-0.2, 0) is 17.8 Å².